The van der Waals surface area contributed by atoms with Gasteiger partial charge < -0.3 is 4.90 Å². The van der Waals surface area contributed by atoms with Crippen LogP contribution in [-0.2, 0) is 0 Å². The minimum atomic E-state index is -0.569. The molecule has 0 aliphatic rings. The van der Waals surface area contributed by atoms with Crippen molar-refractivity contribution in [2.24, 2.45) is 0 Å². The van der Waals surface area contributed by atoms with Crippen molar-refractivity contribution < 1.29 is 14.1 Å². The Morgan fingerprint density at radius 3 is 2.50 bits per heavy atom. The van der Waals surface area contributed by atoms with Crippen molar-refractivity contribution in [3.63, 3.8) is 0 Å². The fraction of sp³-hybridized carbons (Fsp3) is 0.182. The van der Waals surface area contributed by atoms with Gasteiger partial charge in [-0.25, -0.2) is 4.39 Å². The number of carbonyl (C=O) groups excluding carboxylic acids is 1. The molecule has 1 aromatic heterocycles. The third-order valence-electron chi connectivity index (χ3n) is 4.62. The number of hydrogen-bond donors (Lipinski definition) is 0. The first-order valence-corrected chi connectivity index (χ1v) is 9.70. The summed E-state index contributed by atoms with van der Waals surface area (Å²) >= 11 is 6.22. The number of nitro groups is 1. The fourth-order valence-corrected chi connectivity index (χ4v) is 3.53. The van der Waals surface area contributed by atoms with E-state index in [2.05, 4.69) is 4.98 Å². The summed E-state index contributed by atoms with van der Waals surface area (Å²) in [6, 6.07) is 12.8. The molecular formula is C22H19ClFN3O3. The van der Waals surface area contributed by atoms with E-state index in [9.17, 15) is 19.3 Å². The minimum Gasteiger partial charge on any atom is -0.327 e. The molecule has 1 amide bonds. The number of hydrogen-bond acceptors (Lipinski definition) is 4. The third kappa shape index (κ3) is 4.63. The van der Waals surface area contributed by atoms with Crippen LogP contribution in [0.5, 0.6) is 0 Å². The van der Waals surface area contributed by atoms with Gasteiger partial charge in [-0.05, 0) is 41.8 Å². The summed E-state index contributed by atoms with van der Waals surface area (Å²) in [5.74, 6) is -0.759. The van der Waals surface area contributed by atoms with E-state index in [0.29, 0.717) is 18.5 Å². The second kappa shape index (κ2) is 9.45. The monoisotopic (exact) mass is 427 g/mol. The first-order valence-electron chi connectivity index (χ1n) is 9.32. The van der Waals surface area contributed by atoms with E-state index < -0.39 is 11.0 Å². The summed E-state index contributed by atoms with van der Waals surface area (Å²) in [7, 11) is 0. The van der Waals surface area contributed by atoms with Crippen molar-refractivity contribution >= 4 is 23.2 Å². The topological polar surface area (TPSA) is 76.3 Å². The van der Waals surface area contributed by atoms with E-state index in [-0.39, 0.29) is 28.0 Å². The van der Waals surface area contributed by atoms with E-state index in [1.54, 1.807) is 35.5 Å². The summed E-state index contributed by atoms with van der Waals surface area (Å²) < 4.78 is 13.5. The summed E-state index contributed by atoms with van der Waals surface area (Å²) in [6.45, 7) is 2.33. The lowest BCUT2D eigenvalue weighted by Crippen LogP contribution is -2.36. The standard InChI is InChI=1S/C22H19ClFN3O3/c1-2-12-26(22(28)19-10-9-18(27(29)30)13-20(19)23)21(16-4-3-11-25-14-16)15-5-7-17(24)8-6-15/h3-11,13-14,21H,2,12H2,1H3. The first-order chi connectivity index (χ1) is 14.4. The number of nitrogens with zero attached hydrogens (tertiary/aromatic N) is 3. The molecule has 0 saturated heterocycles. The van der Waals surface area contributed by atoms with E-state index >= 15 is 0 Å². The molecule has 1 heterocycles. The normalized spacial score (nSPS) is 11.7. The SMILES string of the molecule is CCCN(C(=O)c1ccc([N+](=O)[O-])cc1Cl)C(c1ccc(F)cc1)c1cccnc1. The predicted molar refractivity (Wildman–Crippen MR) is 112 cm³/mol. The van der Waals surface area contributed by atoms with Gasteiger partial charge in [-0.3, -0.25) is 19.9 Å². The average Bonchev–Trinajstić information content (AvgIpc) is 2.75. The number of carbonyl (C=O) groups is 1. The maximum atomic E-state index is 13.5. The zero-order chi connectivity index (χ0) is 21.7. The van der Waals surface area contributed by atoms with E-state index in [1.165, 1.54) is 24.3 Å². The molecule has 6 nitrogen and oxygen atoms in total. The molecule has 30 heavy (non-hydrogen) atoms. The largest absolute Gasteiger partial charge is 0.327 e. The maximum Gasteiger partial charge on any atom is 0.270 e. The van der Waals surface area contributed by atoms with Gasteiger partial charge in [0.05, 0.1) is 21.6 Å². The number of benzene rings is 2. The number of non-ortho nitro benzene ring substituents is 1. The molecule has 0 spiro atoms. The average molecular weight is 428 g/mol. The quantitative estimate of drug-likeness (QED) is 0.372. The number of nitro benzene ring substituents is 1. The molecule has 0 radical (unpaired) electrons. The Bertz CT molecular complexity index is 1050. The molecule has 8 heteroatoms. The molecule has 154 valence electrons. The number of aromatic nitrogens is 1. The molecule has 3 rings (SSSR count). The zero-order valence-corrected chi connectivity index (χ0v) is 16.9. The Hall–Kier alpha value is -3.32. The number of pyridine rings is 1. The smallest absolute Gasteiger partial charge is 0.270 e. The lowest BCUT2D eigenvalue weighted by molar-refractivity contribution is -0.384. The van der Waals surface area contributed by atoms with E-state index in [1.807, 2.05) is 13.0 Å². The van der Waals surface area contributed by atoms with Crippen molar-refractivity contribution in [1.82, 2.24) is 9.88 Å². The lowest BCUT2D eigenvalue weighted by Gasteiger charge is -2.32. The van der Waals surface area contributed by atoms with Crippen molar-refractivity contribution in [3.05, 3.63) is 105 Å². The van der Waals surface area contributed by atoms with Crippen LogP contribution in [0.2, 0.25) is 5.02 Å². The van der Waals surface area contributed by atoms with E-state index in [0.717, 1.165) is 11.6 Å². The summed E-state index contributed by atoms with van der Waals surface area (Å²) in [6.07, 6.45) is 3.94. The van der Waals surface area contributed by atoms with Crippen LogP contribution in [0.1, 0.15) is 40.9 Å². The van der Waals surface area contributed by atoms with Gasteiger partial charge in [-0.2, -0.15) is 0 Å². The van der Waals surface area contributed by atoms with Crippen LogP contribution >= 0.6 is 11.6 Å². The van der Waals surface area contributed by atoms with Crippen molar-refractivity contribution in [3.8, 4) is 0 Å². The first kappa shape index (κ1) is 21.4. The molecule has 0 fully saturated rings. The van der Waals surface area contributed by atoms with Crippen LogP contribution in [0, 0.1) is 15.9 Å². The highest BCUT2D eigenvalue weighted by molar-refractivity contribution is 6.34. The molecule has 1 atom stereocenters. The molecule has 0 aliphatic heterocycles. The van der Waals surface area contributed by atoms with Gasteiger partial charge in [-0.15, -0.1) is 0 Å². The van der Waals surface area contributed by atoms with Gasteiger partial charge in [0.25, 0.3) is 11.6 Å². The number of rotatable bonds is 7. The Morgan fingerprint density at radius 1 is 1.20 bits per heavy atom. The molecule has 1 unspecified atom stereocenters. The Labute approximate surface area is 178 Å². The summed E-state index contributed by atoms with van der Waals surface area (Å²) in [4.78, 5) is 29.7. The Balaban J connectivity index is 2.09. The molecule has 0 bridgehead atoms. The second-order valence-electron chi connectivity index (χ2n) is 6.66. The molecule has 0 N–H and O–H groups in total. The summed E-state index contributed by atoms with van der Waals surface area (Å²) in [5.41, 5.74) is 1.43. The number of amides is 1. The van der Waals surface area contributed by atoms with Gasteiger partial charge in [0.1, 0.15) is 5.82 Å². The molecule has 3 aromatic rings. The van der Waals surface area contributed by atoms with Gasteiger partial charge >= 0.3 is 0 Å². The number of halogens is 2. The van der Waals surface area contributed by atoms with Crippen LogP contribution in [0.15, 0.2) is 67.0 Å². The van der Waals surface area contributed by atoms with Crippen molar-refractivity contribution in [1.29, 1.82) is 0 Å². The highest BCUT2D eigenvalue weighted by Crippen LogP contribution is 2.32. The molecule has 0 aliphatic carbocycles. The highest BCUT2D eigenvalue weighted by Gasteiger charge is 2.29. The molecular weight excluding hydrogens is 409 g/mol. The van der Waals surface area contributed by atoms with Crippen molar-refractivity contribution in [2.45, 2.75) is 19.4 Å². The predicted octanol–water partition coefficient (Wildman–Crippen LogP) is 5.42. The summed E-state index contributed by atoms with van der Waals surface area (Å²) in [5, 5.41) is 11.0. The van der Waals surface area contributed by atoms with Crippen LogP contribution in [0.4, 0.5) is 10.1 Å². The maximum absolute atomic E-state index is 13.5. The van der Waals surface area contributed by atoms with Crippen LogP contribution < -0.4 is 0 Å². The lowest BCUT2D eigenvalue weighted by atomic mass is 9.97. The third-order valence-corrected chi connectivity index (χ3v) is 4.93. The zero-order valence-electron chi connectivity index (χ0n) is 16.2. The molecule has 2 aromatic carbocycles. The van der Waals surface area contributed by atoms with Gasteiger partial charge in [0.15, 0.2) is 0 Å². The molecule has 0 saturated carbocycles. The van der Waals surface area contributed by atoms with Crippen LogP contribution in [0.25, 0.3) is 0 Å². The minimum absolute atomic E-state index is 0.000606. The van der Waals surface area contributed by atoms with Gasteiger partial charge in [-0.1, -0.05) is 36.7 Å². The Morgan fingerprint density at radius 2 is 1.93 bits per heavy atom. The highest BCUT2D eigenvalue weighted by atomic mass is 35.5. The van der Waals surface area contributed by atoms with E-state index in [4.69, 9.17) is 11.6 Å². The van der Waals surface area contributed by atoms with Crippen molar-refractivity contribution in [2.75, 3.05) is 6.54 Å². The van der Waals surface area contributed by atoms with Crippen LogP contribution in [-0.4, -0.2) is 27.3 Å². The van der Waals surface area contributed by atoms with Crippen LogP contribution in [0.3, 0.4) is 0 Å². The van der Waals surface area contributed by atoms with Gasteiger partial charge in [0.2, 0.25) is 0 Å². The second-order valence-corrected chi connectivity index (χ2v) is 7.07. The van der Waals surface area contributed by atoms with Gasteiger partial charge in [0, 0.05) is 31.1 Å². The fourth-order valence-electron chi connectivity index (χ4n) is 3.27. The Kier molecular flexibility index (Phi) is 6.74.